The van der Waals surface area contributed by atoms with Gasteiger partial charge >= 0.3 is 0 Å². The van der Waals surface area contributed by atoms with Crippen LogP contribution in [-0.2, 0) is 14.8 Å². The highest BCUT2D eigenvalue weighted by molar-refractivity contribution is 7.92. The second-order valence-corrected chi connectivity index (χ2v) is 8.43. The molecule has 1 unspecified atom stereocenters. The third-order valence-corrected chi connectivity index (χ3v) is 5.81. The lowest BCUT2D eigenvalue weighted by atomic mass is 9.89. The number of para-hydroxylation sites is 1. The minimum Gasteiger partial charge on any atom is -0.354 e. The number of benzene rings is 1. The van der Waals surface area contributed by atoms with Gasteiger partial charge in [0.25, 0.3) is 0 Å². The molecule has 1 aromatic rings. The van der Waals surface area contributed by atoms with Crippen molar-refractivity contribution in [2.45, 2.75) is 51.5 Å². The molecule has 1 aromatic carbocycles. The van der Waals surface area contributed by atoms with Crippen LogP contribution in [0.5, 0.6) is 0 Å². The number of rotatable bonds is 7. The fourth-order valence-electron chi connectivity index (χ4n) is 3.39. The van der Waals surface area contributed by atoms with Crippen LogP contribution in [0.2, 0.25) is 0 Å². The maximum atomic E-state index is 12.7. The van der Waals surface area contributed by atoms with Crippen molar-refractivity contribution >= 4 is 21.6 Å². The Kier molecular flexibility index (Phi) is 6.66. The lowest BCUT2D eigenvalue weighted by Gasteiger charge is -2.31. The quantitative estimate of drug-likeness (QED) is 0.820. The summed E-state index contributed by atoms with van der Waals surface area (Å²) in [6, 6.07) is 8.11. The van der Waals surface area contributed by atoms with Gasteiger partial charge in [-0.2, -0.15) is 0 Å². The number of nitrogens with zero attached hydrogens (tertiary/aromatic N) is 1. The minimum absolute atomic E-state index is 0.211. The molecule has 0 spiro atoms. The SMILES string of the molecule is CCC(C(=O)NCC1CCCCC1)N(c1ccccc1)S(C)(=O)=O. The van der Waals surface area contributed by atoms with Gasteiger partial charge in [0.05, 0.1) is 11.9 Å². The minimum atomic E-state index is -3.54. The topological polar surface area (TPSA) is 66.5 Å². The molecule has 1 fully saturated rings. The predicted octanol–water partition coefficient (Wildman–Crippen LogP) is 2.93. The van der Waals surface area contributed by atoms with Gasteiger partial charge in [-0.25, -0.2) is 8.42 Å². The van der Waals surface area contributed by atoms with E-state index in [1.807, 2.05) is 13.0 Å². The molecule has 1 N–H and O–H groups in total. The molecule has 0 aromatic heterocycles. The van der Waals surface area contributed by atoms with Gasteiger partial charge in [-0.3, -0.25) is 9.10 Å². The Labute approximate surface area is 145 Å². The summed E-state index contributed by atoms with van der Waals surface area (Å²) >= 11 is 0. The van der Waals surface area contributed by atoms with E-state index in [1.54, 1.807) is 24.3 Å². The van der Waals surface area contributed by atoms with E-state index < -0.39 is 16.1 Å². The monoisotopic (exact) mass is 352 g/mol. The van der Waals surface area contributed by atoms with Gasteiger partial charge in [0.2, 0.25) is 15.9 Å². The van der Waals surface area contributed by atoms with E-state index in [-0.39, 0.29) is 5.91 Å². The van der Waals surface area contributed by atoms with Crippen LogP contribution in [0.15, 0.2) is 30.3 Å². The Hall–Kier alpha value is -1.56. The van der Waals surface area contributed by atoms with Crippen LogP contribution in [0.25, 0.3) is 0 Å². The number of nitrogens with one attached hydrogen (secondary N) is 1. The van der Waals surface area contributed by atoms with E-state index in [0.717, 1.165) is 19.1 Å². The number of hydrogen-bond donors (Lipinski definition) is 1. The first-order valence-electron chi connectivity index (χ1n) is 8.75. The van der Waals surface area contributed by atoms with Crippen molar-refractivity contribution in [1.82, 2.24) is 5.32 Å². The first-order chi connectivity index (χ1) is 11.4. The summed E-state index contributed by atoms with van der Waals surface area (Å²) in [4.78, 5) is 12.7. The largest absolute Gasteiger partial charge is 0.354 e. The molecule has 0 radical (unpaired) electrons. The Balaban J connectivity index is 2.12. The third kappa shape index (κ3) is 4.97. The Morgan fingerprint density at radius 2 is 1.83 bits per heavy atom. The van der Waals surface area contributed by atoms with Crippen LogP contribution in [0.4, 0.5) is 5.69 Å². The average molecular weight is 353 g/mol. The fraction of sp³-hybridized carbons (Fsp3) is 0.611. The first-order valence-corrected chi connectivity index (χ1v) is 10.6. The summed E-state index contributed by atoms with van der Waals surface area (Å²) in [5.74, 6) is 0.306. The Morgan fingerprint density at radius 3 is 2.38 bits per heavy atom. The zero-order chi connectivity index (χ0) is 17.6. The number of carbonyl (C=O) groups excluding carboxylic acids is 1. The highest BCUT2D eigenvalue weighted by atomic mass is 32.2. The van der Waals surface area contributed by atoms with Gasteiger partial charge in [0.1, 0.15) is 6.04 Å². The lowest BCUT2D eigenvalue weighted by molar-refractivity contribution is -0.122. The van der Waals surface area contributed by atoms with Crippen LogP contribution in [0, 0.1) is 5.92 Å². The fourth-order valence-corrected chi connectivity index (χ4v) is 4.60. The molecule has 0 heterocycles. The molecule has 24 heavy (non-hydrogen) atoms. The van der Waals surface area contributed by atoms with Gasteiger partial charge in [-0.05, 0) is 37.3 Å². The summed E-state index contributed by atoms with van der Waals surface area (Å²) in [5.41, 5.74) is 0.527. The van der Waals surface area contributed by atoms with E-state index in [4.69, 9.17) is 0 Å². The molecule has 1 aliphatic carbocycles. The summed E-state index contributed by atoms with van der Waals surface area (Å²) in [7, 11) is -3.54. The van der Waals surface area contributed by atoms with Crippen molar-refractivity contribution < 1.29 is 13.2 Å². The molecule has 0 bridgehead atoms. The molecule has 0 saturated heterocycles. The maximum absolute atomic E-state index is 12.7. The maximum Gasteiger partial charge on any atom is 0.243 e. The Morgan fingerprint density at radius 1 is 1.21 bits per heavy atom. The van der Waals surface area contributed by atoms with Crippen LogP contribution >= 0.6 is 0 Å². The highest BCUT2D eigenvalue weighted by Crippen LogP contribution is 2.24. The highest BCUT2D eigenvalue weighted by Gasteiger charge is 2.31. The molecule has 1 atom stereocenters. The van der Waals surface area contributed by atoms with Gasteiger partial charge in [-0.15, -0.1) is 0 Å². The molecule has 2 rings (SSSR count). The summed E-state index contributed by atoms with van der Waals surface area (Å²) < 4.78 is 25.8. The molecular weight excluding hydrogens is 324 g/mol. The summed E-state index contributed by atoms with van der Waals surface area (Å²) in [5, 5.41) is 2.98. The molecule has 1 amide bonds. The van der Waals surface area contributed by atoms with Gasteiger partial charge in [-0.1, -0.05) is 44.4 Å². The zero-order valence-corrected chi connectivity index (χ0v) is 15.4. The standard InChI is InChI=1S/C18H28N2O3S/c1-3-17(18(21)19-14-15-10-6-4-7-11-15)20(24(2,22)23)16-12-8-5-9-13-16/h5,8-9,12-13,15,17H,3-4,6-7,10-11,14H2,1-2H3,(H,19,21). The van der Waals surface area contributed by atoms with Crippen LogP contribution in [0.3, 0.4) is 0 Å². The predicted molar refractivity (Wildman–Crippen MR) is 97.4 cm³/mol. The van der Waals surface area contributed by atoms with Gasteiger partial charge < -0.3 is 5.32 Å². The summed E-state index contributed by atoms with van der Waals surface area (Å²) in [6.07, 6.45) is 7.58. The van der Waals surface area contributed by atoms with Crippen molar-refractivity contribution in [2.75, 3.05) is 17.1 Å². The molecular formula is C18H28N2O3S. The number of amides is 1. The molecule has 134 valence electrons. The van der Waals surface area contributed by atoms with E-state index in [9.17, 15) is 13.2 Å². The van der Waals surface area contributed by atoms with E-state index in [1.165, 1.54) is 23.6 Å². The molecule has 6 heteroatoms. The molecule has 1 aliphatic rings. The lowest BCUT2D eigenvalue weighted by Crippen LogP contribution is -2.50. The van der Waals surface area contributed by atoms with Crippen LogP contribution < -0.4 is 9.62 Å². The normalized spacial score (nSPS) is 17.2. The van der Waals surface area contributed by atoms with Crippen LogP contribution in [0.1, 0.15) is 45.4 Å². The van der Waals surface area contributed by atoms with Crippen molar-refractivity contribution in [2.24, 2.45) is 5.92 Å². The van der Waals surface area contributed by atoms with E-state index >= 15 is 0 Å². The van der Waals surface area contributed by atoms with Crippen molar-refractivity contribution in [1.29, 1.82) is 0 Å². The Bertz CT molecular complexity index is 625. The molecule has 1 saturated carbocycles. The third-order valence-electron chi connectivity index (χ3n) is 4.63. The number of anilines is 1. The van der Waals surface area contributed by atoms with Crippen molar-refractivity contribution in [3.63, 3.8) is 0 Å². The van der Waals surface area contributed by atoms with E-state index in [0.29, 0.717) is 24.6 Å². The van der Waals surface area contributed by atoms with Crippen molar-refractivity contribution in [3.05, 3.63) is 30.3 Å². The average Bonchev–Trinajstić information content (AvgIpc) is 2.58. The zero-order valence-electron chi connectivity index (χ0n) is 14.6. The van der Waals surface area contributed by atoms with Crippen LogP contribution in [-0.4, -0.2) is 33.2 Å². The number of sulfonamides is 1. The number of carbonyl (C=O) groups is 1. The second kappa shape index (κ2) is 8.51. The molecule has 0 aliphatic heterocycles. The van der Waals surface area contributed by atoms with Gasteiger partial charge in [0.15, 0.2) is 0 Å². The first kappa shape index (κ1) is 18.8. The number of hydrogen-bond acceptors (Lipinski definition) is 3. The van der Waals surface area contributed by atoms with Crippen molar-refractivity contribution in [3.8, 4) is 0 Å². The van der Waals surface area contributed by atoms with E-state index in [2.05, 4.69) is 5.32 Å². The second-order valence-electron chi connectivity index (χ2n) is 6.57. The van der Waals surface area contributed by atoms with Gasteiger partial charge in [0, 0.05) is 6.54 Å². The smallest absolute Gasteiger partial charge is 0.243 e. The summed E-state index contributed by atoms with van der Waals surface area (Å²) in [6.45, 7) is 2.48. The molecule has 5 nitrogen and oxygen atoms in total.